The zero-order valence-corrected chi connectivity index (χ0v) is 10.6. The van der Waals surface area contributed by atoms with Crippen molar-refractivity contribution in [1.82, 2.24) is 0 Å². The van der Waals surface area contributed by atoms with Crippen molar-refractivity contribution in [2.75, 3.05) is 45.0 Å². The van der Waals surface area contributed by atoms with E-state index in [0.717, 1.165) is 6.42 Å². The lowest BCUT2D eigenvalue weighted by Crippen LogP contribution is -2.19. The van der Waals surface area contributed by atoms with Gasteiger partial charge in [-0.2, -0.15) is 0 Å². The number of hydrogen-bond acceptors (Lipinski definition) is 4. The van der Waals surface area contributed by atoms with Gasteiger partial charge in [-0.05, 0) is 18.9 Å². The van der Waals surface area contributed by atoms with E-state index < -0.39 is 10.8 Å². The molecule has 2 unspecified atom stereocenters. The summed E-state index contributed by atoms with van der Waals surface area (Å²) in [4.78, 5) is 0. The first-order chi connectivity index (χ1) is 7.20. The fourth-order valence-corrected chi connectivity index (χ4v) is 2.41. The maximum Gasteiger partial charge on any atom is 0.0700 e. The van der Waals surface area contributed by atoms with Gasteiger partial charge in [0.05, 0.1) is 13.2 Å². The van der Waals surface area contributed by atoms with Crippen molar-refractivity contribution < 1.29 is 13.7 Å². The molecule has 0 bridgehead atoms. The molecule has 2 atom stereocenters. The Morgan fingerprint density at radius 2 is 2.07 bits per heavy atom. The number of rotatable bonds is 10. The summed E-state index contributed by atoms with van der Waals surface area (Å²) in [6.45, 7) is 4.52. The van der Waals surface area contributed by atoms with Crippen LogP contribution in [-0.2, 0) is 20.3 Å². The molecule has 0 spiro atoms. The van der Waals surface area contributed by atoms with E-state index in [0.29, 0.717) is 43.8 Å². The van der Waals surface area contributed by atoms with Gasteiger partial charge in [-0.3, -0.25) is 4.21 Å². The molecule has 4 nitrogen and oxygen atoms in total. The zero-order chi connectivity index (χ0) is 11.5. The SMILES string of the molecule is COCCOCCCS(=O)CC(C)CN. The van der Waals surface area contributed by atoms with Crippen molar-refractivity contribution in [1.29, 1.82) is 0 Å². The highest BCUT2D eigenvalue weighted by Crippen LogP contribution is 1.97. The first kappa shape index (κ1) is 15.0. The second-order valence-electron chi connectivity index (χ2n) is 3.61. The van der Waals surface area contributed by atoms with Crippen LogP contribution in [0.2, 0.25) is 0 Å². The van der Waals surface area contributed by atoms with Gasteiger partial charge in [0.2, 0.25) is 0 Å². The van der Waals surface area contributed by atoms with E-state index in [-0.39, 0.29) is 0 Å². The molecule has 0 saturated carbocycles. The van der Waals surface area contributed by atoms with E-state index >= 15 is 0 Å². The summed E-state index contributed by atoms with van der Waals surface area (Å²) in [6, 6.07) is 0. The third-order valence-corrected chi connectivity index (χ3v) is 3.65. The van der Waals surface area contributed by atoms with Crippen LogP contribution in [0.1, 0.15) is 13.3 Å². The monoisotopic (exact) mass is 237 g/mol. The predicted octanol–water partition coefficient (Wildman–Crippen LogP) is 0.383. The first-order valence-corrected chi connectivity index (χ1v) is 6.81. The Balaban J connectivity index is 3.24. The van der Waals surface area contributed by atoms with Gasteiger partial charge >= 0.3 is 0 Å². The van der Waals surface area contributed by atoms with Crippen molar-refractivity contribution in [2.45, 2.75) is 13.3 Å². The molecule has 5 heteroatoms. The largest absolute Gasteiger partial charge is 0.382 e. The maximum atomic E-state index is 11.5. The normalized spacial score (nSPS) is 15.1. The first-order valence-electron chi connectivity index (χ1n) is 5.32. The van der Waals surface area contributed by atoms with Crippen LogP contribution in [0.4, 0.5) is 0 Å². The van der Waals surface area contributed by atoms with E-state index in [4.69, 9.17) is 15.2 Å². The molecule has 0 radical (unpaired) electrons. The zero-order valence-electron chi connectivity index (χ0n) is 9.74. The Bertz CT molecular complexity index is 167. The Morgan fingerprint density at radius 1 is 1.33 bits per heavy atom. The summed E-state index contributed by atoms with van der Waals surface area (Å²) in [7, 11) is 0.897. The standard InChI is InChI=1S/C10H23NO3S/c1-10(8-11)9-15(12)7-3-4-14-6-5-13-2/h10H,3-9,11H2,1-2H3. The average molecular weight is 237 g/mol. The molecule has 0 fully saturated rings. The molecule has 0 aromatic heterocycles. The van der Waals surface area contributed by atoms with E-state index in [1.54, 1.807) is 7.11 Å². The lowest BCUT2D eigenvalue weighted by Gasteiger charge is -2.08. The minimum atomic E-state index is -0.748. The number of ether oxygens (including phenoxy) is 2. The Hall–Kier alpha value is 0.0300. The second-order valence-corrected chi connectivity index (χ2v) is 5.23. The van der Waals surface area contributed by atoms with E-state index in [2.05, 4.69) is 0 Å². The van der Waals surface area contributed by atoms with Crippen LogP contribution in [0.3, 0.4) is 0 Å². The molecular weight excluding hydrogens is 214 g/mol. The van der Waals surface area contributed by atoms with E-state index in [1.807, 2.05) is 6.92 Å². The van der Waals surface area contributed by atoms with Gasteiger partial charge < -0.3 is 15.2 Å². The van der Waals surface area contributed by atoms with Gasteiger partial charge in [-0.1, -0.05) is 6.92 Å². The fraction of sp³-hybridized carbons (Fsp3) is 1.00. The third-order valence-electron chi connectivity index (χ3n) is 1.97. The minimum Gasteiger partial charge on any atom is -0.382 e. The Kier molecular flexibility index (Phi) is 10.6. The van der Waals surface area contributed by atoms with Gasteiger partial charge in [0, 0.05) is 36.0 Å². The van der Waals surface area contributed by atoms with Crippen LogP contribution < -0.4 is 5.73 Å². The molecule has 0 heterocycles. The lowest BCUT2D eigenvalue weighted by atomic mass is 10.2. The van der Waals surface area contributed by atoms with Gasteiger partial charge in [-0.25, -0.2) is 0 Å². The molecule has 0 aromatic rings. The van der Waals surface area contributed by atoms with Crippen LogP contribution in [-0.4, -0.2) is 49.2 Å². The van der Waals surface area contributed by atoms with Crippen molar-refractivity contribution in [3.05, 3.63) is 0 Å². The maximum absolute atomic E-state index is 11.5. The fourth-order valence-electron chi connectivity index (χ4n) is 1.04. The van der Waals surface area contributed by atoms with Gasteiger partial charge in [0.15, 0.2) is 0 Å². The van der Waals surface area contributed by atoms with Crippen LogP contribution >= 0.6 is 0 Å². The molecule has 0 aromatic carbocycles. The highest BCUT2D eigenvalue weighted by atomic mass is 32.2. The smallest absolute Gasteiger partial charge is 0.0700 e. The van der Waals surface area contributed by atoms with Crippen molar-refractivity contribution >= 4 is 10.8 Å². The summed E-state index contributed by atoms with van der Waals surface area (Å²) in [5.41, 5.74) is 5.46. The summed E-state index contributed by atoms with van der Waals surface area (Å²) in [6.07, 6.45) is 0.841. The van der Waals surface area contributed by atoms with Gasteiger partial charge in [-0.15, -0.1) is 0 Å². The lowest BCUT2D eigenvalue weighted by molar-refractivity contribution is 0.0713. The van der Waals surface area contributed by atoms with Gasteiger partial charge in [0.1, 0.15) is 0 Å². The summed E-state index contributed by atoms with van der Waals surface area (Å²) >= 11 is 0. The molecule has 92 valence electrons. The van der Waals surface area contributed by atoms with Crippen LogP contribution in [0.25, 0.3) is 0 Å². The van der Waals surface area contributed by atoms with Crippen molar-refractivity contribution in [3.8, 4) is 0 Å². The number of methoxy groups -OCH3 is 1. The van der Waals surface area contributed by atoms with Crippen molar-refractivity contribution in [2.24, 2.45) is 11.7 Å². The number of nitrogens with two attached hydrogens (primary N) is 1. The number of hydrogen-bond donors (Lipinski definition) is 1. The minimum absolute atomic E-state index is 0.347. The van der Waals surface area contributed by atoms with Crippen molar-refractivity contribution in [3.63, 3.8) is 0 Å². The molecule has 0 saturated heterocycles. The summed E-state index contributed by atoms with van der Waals surface area (Å²) in [5.74, 6) is 1.76. The average Bonchev–Trinajstić information content (AvgIpc) is 2.23. The molecule has 15 heavy (non-hydrogen) atoms. The molecule has 0 aliphatic rings. The third kappa shape index (κ3) is 10.3. The molecule has 0 aliphatic heterocycles. The van der Waals surface area contributed by atoms with Gasteiger partial charge in [0.25, 0.3) is 0 Å². The summed E-state index contributed by atoms with van der Waals surface area (Å²) in [5, 5.41) is 0. The predicted molar refractivity (Wildman–Crippen MR) is 63.4 cm³/mol. The Labute approximate surface area is 95.0 Å². The molecule has 0 rings (SSSR count). The highest BCUT2D eigenvalue weighted by Gasteiger charge is 2.05. The molecule has 0 amide bonds. The topological polar surface area (TPSA) is 61.5 Å². The molecule has 0 aliphatic carbocycles. The quantitative estimate of drug-likeness (QED) is 0.558. The highest BCUT2D eigenvalue weighted by molar-refractivity contribution is 7.84. The van der Waals surface area contributed by atoms with Crippen LogP contribution in [0.5, 0.6) is 0 Å². The molecular formula is C10H23NO3S. The van der Waals surface area contributed by atoms with E-state index in [9.17, 15) is 4.21 Å². The van der Waals surface area contributed by atoms with E-state index in [1.165, 1.54) is 0 Å². The van der Waals surface area contributed by atoms with Crippen LogP contribution in [0, 0.1) is 5.92 Å². The summed E-state index contributed by atoms with van der Waals surface area (Å²) < 4.78 is 21.6. The molecule has 2 N–H and O–H groups in total. The second kappa shape index (κ2) is 10.5. The van der Waals surface area contributed by atoms with Crippen LogP contribution in [0.15, 0.2) is 0 Å². The Morgan fingerprint density at radius 3 is 2.67 bits per heavy atom.